The largest absolute Gasteiger partial charge is 0.453 e. The summed E-state index contributed by atoms with van der Waals surface area (Å²) < 4.78 is 12.1. The SMILES string of the molecule is Cn1cccc1C(=O)OCc1cc(-c2ccccc2)no1. The molecule has 0 saturated carbocycles. The van der Waals surface area contributed by atoms with E-state index in [-0.39, 0.29) is 12.6 Å². The summed E-state index contributed by atoms with van der Waals surface area (Å²) in [5.41, 5.74) is 2.18. The Hall–Kier alpha value is -2.82. The summed E-state index contributed by atoms with van der Waals surface area (Å²) in [6.45, 7) is 0.0594. The normalized spacial score (nSPS) is 10.5. The number of aryl methyl sites for hydroxylation is 1. The van der Waals surface area contributed by atoms with E-state index in [4.69, 9.17) is 9.26 Å². The molecule has 0 unspecified atom stereocenters. The van der Waals surface area contributed by atoms with E-state index in [1.54, 1.807) is 36.0 Å². The maximum atomic E-state index is 11.9. The molecule has 0 aliphatic heterocycles. The quantitative estimate of drug-likeness (QED) is 0.690. The van der Waals surface area contributed by atoms with Crippen molar-refractivity contribution in [2.45, 2.75) is 6.61 Å². The highest BCUT2D eigenvalue weighted by Crippen LogP contribution is 2.19. The van der Waals surface area contributed by atoms with Gasteiger partial charge in [-0.15, -0.1) is 0 Å². The Morgan fingerprint density at radius 3 is 2.76 bits per heavy atom. The summed E-state index contributed by atoms with van der Waals surface area (Å²) in [6.07, 6.45) is 1.79. The van der Waals surface area contributed by atoms with Gasteiger partial charge in [0.25, 0.3) is 0 Å². The molecule has 0 radical (unpaired) electrons. The summed E-state index contributed by atoms with van der Waals surface area (Å²) >= 11 is 0. The van der Waals surface area contributed by atoms with E-state index in [2.05, 4.69) is 5.16 Å². The van der Waals surface area contributed by atoms with E-state index in [1.807, 2.05) is 30.3 Å². The van der Waals surface area contributed by atoms with Gasteiger partial charge in [-0.3, -0.25) is 0 Å². The minimum Gasteiger partial charge on any atom is -0.453 e. The van der Waals surface area contributed by atoms with E-state index in [0.717, 1.165) is 11.3 Å². The van der Waals surface area contributed by atoms with Crippen molar-refractivity contribution in [3.05, 3.63) is 66.2 Å². The number of benzene rings is 1. The van der Waals surface area contributed by atoms with Crippen LogP contribution in [-0.2, 0) is 18.4 Å². The minimum atomic E-state index is -0.389. The van der Waals surface area contributed by atoms with Crippen LogP contribution in [0, 0.1) is 0 Å². The van der Waals surface area contributed by atoms with Crippen LogP contribution in [0.1, 0.15) is 16.2 Å². The third-order valence-electron chi connectivity index (χ3n) is 3.13. The molecule has 0 amide bonds. The van der Waals surface area contributed by atoms with Gasteiger partial charge < -0.3 is 13.8 Å². The van der Waals surface area contributed by atoms with Crippen molar-refractivity contribution in [2.24, 2.45) is 7.05 Å². The second-order valence-electron chi connectivity index (χ2n) is 4.62. The highest BCUT2D eigenvalue weighted by atomic mass is 16.5. The molecule has 0 atom stereocenters. The zero-order valence-corrected chi connectivity index (χ0v) is 11.5. The Kier molecular flexibility index (Phi) is 3.55. The Morgan fingerprint density at radius 2 is 2.05 bits per heavy atom. The number of aromatic nitrogens is 2. The first-order valence-corrected chi connectivity index (χ1v) is 6.53. The van der Waals surface area contributed by atoms with Gasteiger partial charge in [0, 0.05) is 24.9 Å². The Bertz CT molecular complexity index is 744. The van der Waals surface area contributed by atoms with E-state index in [1.165, 1.54) is 0 Å². The monoisotopic (exact) mass is 282 g/mol. The third kappa shape index (κ3) is 2.86. The van der Waals surface area contributed by atoms with Gasteiger partial charge in [0.1, 0.15) is 11.4 Å². The Morgan fingerprint density at radius 1 is 1.24 bits per heavy atom. The highest BCUT2D eigenvalue weighted by Gasteiger charge is 2.12. The van der Waals surface area contributed by atoms with Crippen molar-refractivity contribution >= 4 is 5.97 Å². The molecule has 0 aliphatic carbocycles. The van der Waals surface area contributed by atoms with Gasteiger partial charge in [0.05, 0.1) is 0 Å². The van der Waals surface area contributed by atoms with Gasteiger partial charge in [-0.05, 0) is 12.1 Å². The zero-order valence-electron chi connectivity index (χ0n) is 11.5. The van der Waals surface area contributed by atoms with Gasteiger partial charge >= 0.3 is 5.97 Å². The second-order valence-corrected chi connectivity index (χ2v) is 4.62. The highest BCUT2D eigenvalue weighted by molar-refractivity contribution is 5.87. The average molecular weight is 282 g/mol. The van der Waals surface area contributed by atoms with Crippen molar-refractivity contribution in [1.29, 1.82) is 0 Å². The number of carbonyl (C=O) groups is 1. The lowest BCUT2D eigenvalue weighted by atomic mass is 10.1. The van der Waals surface area contributed by atoms with Crippen LogP contribution in [0.4, 0.5) is 0 Å². The molecule has 3 aromatic rings. The predicted molar refractivity (Wildman–Crippen MR) is 76.5 cm³/mol. The first-order chi connectivity index (χ1) is 10.2. The third-order valence-corrected chi connectivity index (χ3v) is 3.13. The summed E-state index contributed by atoms with van der Waals surface area (Å²) in [4.78, 5) is 11.9. The van der Waals surface area contributed by atoms with Crippen LogP contribution in [-0.4, -0.2) is 15.7 Å². The zero-order chi connectivity index (χ0) is 14.7. The van der Waals surface area contributed by atoms with Crippen molar-refractivity contribution < 1.29 is 14.1 Å². The lowest BCUT2D eigenvalue weighted by Gasteiger charge is -2.02. The molecule has 21 heavy (non-hydrogen) atoms. The fourth-order valence-electron chi connectivity index (χ4n) is 2.01. The van der Waals surface area contributed by atoms with E-state index >= 15 is 0 Å². The fraction of sp³-hybridized carbons (Fsp3) is 0.125. The van der Waals surface area contributed by atoms with Crippen molar-refractivity contribution in [3.63, 3.8) is 0 Å². The molecule has 0 aliphatic rings. The first kappa shape index (κ1) is 13.2. The lowest BCUT2D eigenvalue weighted by Crippen LogP contribution is -2.09. The molecule has 0 fully saturated rings. The van der Waals surface area contributed by atoms with Crippen LogP contribution in [0.25, 0.3) is 11.3 Å². The number of esters is 1. The molecule has 3 rings (SSSR count). The average Bonchev–Trinajstić information content (AvgIpc) is 3.15. The lowest BCUT2D eigenvalue weighted by molar-refractivity contribution is 0.0426. The van der Waals surface area contributed by atoms with Gasteiger partial charge in [-0.25, -0.2) is 4.79 Å². The van der Waals surface area contributed by atoms with Crippen LogP contribution < -0.4 is 0 Å². The minimum absolute atomic E-state index is 0.0594. The van der Waals surface area contributed by atoms with Gasteiger partial charge in [0.15, 0.2) is 12.4 Å². The summed E-state index contributed by atoms with van der Waals surface area (Å²) in [5, 5.41) is 3.97. The molecule has 0 saturated heterocycles. The molecule has 1 aromatic carbocycles. The van der Waals surface area contributed by atoms with Gasteiger partial charge in [-0.1, -0.05) is 35.5 Å². The molecule has 0 spiro atoms. The van der Waals surface area contributed by atoms with Gasteiger partial charge in [-0.2, -0.15) is 0 Å². The molecule has 0 bridgehead atoms. The molecule has 2 heterocycles. The van der Waals surface area contributed by atoms with E-state index in [9.17, 15) is 4.79 Å². The number of nitrogens with zero attached hydrogens (tertiary/aromatic N) is 2. The van der Waals surface area contributed by atoms with Crippen molar-refractivity contribution in [3.8, 4) is 11.3 Å². The van der Waals surface area contributed by atoms with Crippen LogP contribution in [0.5, 0.6) is 0 Å². The predicted octanol–water partition coefficient (Wildman–Crippen LogP) is 3.04. The summed E-state index contributed by atoms with van der Waals surface area (Å²) in [7, 11) is 1.79. The molecule has 5 heteroatoms. The maximum Gasteiger partial charge on any atom is 0.355 e. The molecular weight excluding hydrogens is 268 g/mol. The van der Waals surface area contributed by atoms with Gasteiger partial charge in [0.2, 0.25) is 0 Å². The topological polar surface area (TPSA) is 57.3 Å². The number of hydrogen-bond donors (Lipinski definition) is 0. The number of hydrogen-bond acceptors (Lipinski definition) is 4. The standard InChI is InChI=1S/C16H14N2O3/c1-18-9-5-8-15(18)16(19)20-11-13-10-14(17-21-13)12-6-3-2-4-7-12/h2-10H,11H2,1H3. The number of ether oxygens (including phenoxy) is 1. The van der Waals surface area contributed by atoms with Crippen molar-refractivity contribution in [2.75, 3.05) is 0 Å². The smallest absolute Gasteiger partial charge is 0.355 e. The Labute approximate surface area is 121 Å². The van der Waals surface area contributed by atoms with Crippen LogP contribution in [0.3, 0.4) is 0 Å². The molecule has 0 N–H and O–H groups in total. The number of carbonyl (C=O) groups excluding carboxylic acids is 1. The van der Waals surface area contributed by atoms with Crippen molar-refractivity contribution in [1.82, 2.24) is 9.72 Å². The van der Waals surface area contributed by atoms with Crippen LogP contribution in [0.15, 0.2) is 59.3 Å². The molecule has 5 nitrogen and oxygen atoms in total. The summed E-state index contributed by atoms with van der Waals surface area (Å²) in [6, 6.07) is 14.9. The molecule has 2 aromatic heterocycles. The second kappa shape index (κ2) is 5.66. The van der Waals surface area contributed by atoms with Crippen LogP contribution >= 0.6 is 0 Å². The molecular formula is C16H14N2O3. The summed E-state index contributed by atoms with van der Waals surface area (Å²) in [5.74, 6) is 0.122. The maximum absolute atomic E-state index is 11.9. The van der Waals surface area contributed by atoms with E-state index < -0.39 is 0 Å². The fourth-order valence-corrected chi connectivity index (χ4v) is 2.01. The molecule has 106 valence electrons. The number of rotatable bonds is 4. The van der Waals surface area contributed by atoms with E-state index in [0.29, 0.717) is 11.5 Å². The van der Waals surface area contributed by atoms with Crippen LogP contribution in [0.2, 0.25) is 0 Å². The Balaban J connectivity index is 1.66. The first-order valence-electron chi connectivity index (χ1n) is 6.53.